The van der Waals surface area contributed by atoms with E-state index in [2.05, 4.69) is 19.5 Å². The van der Waals surface area contributed by atoms with Crippen LogP contribution in [0.3, 0.4) is 0 Å². The molecule has 0 aliphatic rings. The number of aromatic nitrogens is 4. The van der Waals surface area contributed by atoms with Crippen molar-refractivity contribution in [3.05, 3.63) is 65.8 Å². The molecule has 0 radical (unpaired) electrons. The second-order valence-corrected chi connectivity index (χ2v) is 5.21. The van der Waals surface area contributed by atoms with Crippen LogP contribution < -0.4 is 0 Å². The highest BCUT2D eigenvalue weighted by atomic mass is 35.5. The van der Waals surface area contributed by atoms with Crippen molar-refractivity contribution in [2.45, 2.75) is 6.54 Å². The van der Waals surface area contributed by atoms with Crippen LogP contribution in [-0.4, -0.2) is 19.5 Å². The van der Waals surface area contributed by atoms with Crippen molar-refractivity contribution < 1.29 is 0 Å². The summed E-state index contributed by atoms with van der Waals surface area (Å²) in [5.74, 6) is 0. The highest BCUT2D eigenvalue weighted by Gasteiger charge is 2.12. The Labute approximate surface area is 126 Å². The summed E-state index contributed by atoms with van der Waals surface area (Å²) in [6, 6.07) is 11.9. The van der Waals surface area contributed by atoms with Gasteiger partial charge in [0.2, 0.25) is 0 Å². The van der Waals surface area contributed by atoms with E-state index in [1.54, 1.807) is 12.5 Å². The Morgan fingerprint density at radius 1 is 1.10 bits per heavy atom. The lowest BCUT2D eigenvalue weighted by Crippen LogP contribution is -1.99. The SMILES string of the molecule is Clc1nc2ccccc2c2c1ncn2Cc1cccnc1. The van der Waals surface area contributed by atoms with Crippen LogP contribution in [0.1, 0.15) is 5.56 Å². The topological polar surface area (TPSA) is 43.6 Å². The first-order chi connectivity index (χ1) is 10.3. The van der Waals surface area contributed by atoms with Gasteiger partial charge in [-0.3, -0.25) is 4.98 Å². The molecule has 0 spiro atoms. The van der Waals surface area contributed by atoms with Gasteiger partial charge in [0, 0.05) is 17.8 Å². The third-order valence-corrected chi connectivity index (χ3v) is 3.75. The highest BCUT2D eigenvalue weighted by Crippen LogP contribution is 2.28. The van der Waals surface area contributed by atoms with Gasteiger partial charge >= 0.3 is 0 Å². The van der Waals surface area contributed by atoms with Crippen molar-refractivity contribution in [1.82, 2.24) is 19.5 Å². The molecule has 5 heteroatoms. The van der Waals surface area contributed by atoms with E-state index in [9.17, 15) is 0 Å². The molecule has 0 unspecified atom stereocenters. The standard InChI is InChI=1S/C16H11ClN4/c17-16-14-15(12-5-1-2-6-13(12)20-16)21(10-19-14)9-11-4-3-7-18-8-11/h1-8,10H,9H2. The molecule has 0 fully saturated rings. The maximum absolute atomic E-state index is 6.25. The molecule has 1 aromatic carbocycles. The van der Waals surface area contributed by atoms with Gasteiger partial charge in [0.15, 0.2) is 5.15 Å². The Bertz CT molecular complexity index is 931. The monoisotopic (exact) mass is 294 g/mol. The van der Waals surface area contributed by atoms with E-state index < -0.39 is 0 Å². The number of hydrogen-bond acceptors (Lipinski definition) is 3. The van der Waals surface area contributed by atoms with Crippen molar-refractivity contribution >= 4 is 33.5 Å². The third kappa shape index (κ3) is 2.04. The Hall–Kier alpha value is -2.46. The van der Waals surface area contributed by atoms with E-state index in [1.807, 2.05) is 42.6 Å². The van der Waals surface area contributed by atoms with Gasteiger partial charge in [0.05, 0.1) is 23.9 Å². The summed E-state index contributed by atoms with van der Waals surface area (Å²) in [6.45, 7) is 0.703. The van der Waals surface area contributed by atoms with Crippen LogP contribution in [0, 0.1) is 0 Å². The van der Waals surface area contributed by atoms with Crippen molar-refractivity contribution in [3.63, 3.8) is 0 Å². The Kier molecular flexibility index (Phi) is 2.82. The maximum Gasteiger partial charge on any atom is 0.157 e. The number of nitrogens with zero attached hydrogens (tertiary/aromatic N) is 4. The number of imidazole rings is 1. The summed E-state index contributed by atoms with van der Waals surface area (Å²) in [5.41, 5.74) is 3.74. The largest absolute Gasteiger partial charge is 0.325 e. The molecule has 0 amide bonds. The third-order valence-electron chi connectivity index (χ3n) is 3.49. The van der Waals surface area contributed by atoms with Crippen molar-refractivity contribution in [1.29, 1.82) is 0 Å². The molecular formula is C16H11ClN4. The molecule has 0 saturated heterocycles. The van der Waals surface area contributed by atoms with Gasteiger partial charge in [0.25, 0.3) is 0 Å². The van der Waals surface area contributed by atoms with Crippen LogP contribution in [0.15, 0.2) is 55.1 Å². The number of hydrogen-bond donors (Lipinski definition) is 0. The van der Waals surface area contributed by atoms with E-state index in [4.69, 9.17) is 11.6 Å². The number of benzene rings is 1. The van der Waals surface area contributed by atoms with E-state index in [-0.39, 0.29) is 0 Å². The molecule has 0 aliphatic carbocycles. The average Bonchev–Trinajstić information content (AvgIpc) is 2.93. The van der Waals surface area contributed by atoms with Gasteiger partial charge in [-0.15, -0.1) is 0 Å². The Morgan fingerprint density at radius 2 is 2.00 bits per heavy atom. The first kappa shape index (κ1) is 12.3. The normalized spacial score (nSPS) is 11.3. The van der Waals surface area contributed by atoms with Crippen molar-refractivity contribution in [3.8, 4) is 0 Å². The second-order valence-electron chi connectivity index (χ2n) is 4.85. The first-order valence-corrected chi connectivity index (χ1v) is 6.99. The van der Waals surface area contributed by atoms with Crippen molar-refractivity contribution in [2.24, 2.45) is 0 Å². The predicted octanol–water partition coefficient (Wildman–Crippen LogP) is 3.68. The van der Waals surface area contributed by atoms with Crippen molar-refractivity contribution in [2.75, 3.05) is 0 Å². The smallest absolute Gasteiger partial charge is 0.157 e. The molecule has 0 N–H and O–H groups in total. The minimum Gasteiger partial charge on any atom is -0.325 e. The zero-order chi connectivity index (χ0) is 14.2. The van der Waals surface area contributed by atoms with E-state index in [1.165, 1.54) is 0 Å². The van der Waals surface area contributed by atoms with Crippen LogP contribution in [0.25, 0.3) is 21.9 Å². The summed E-state index contributed by atoms with van der Waals surface area (Å²) in [4.78, 5) is 13.0. The summed E-state index contributed by atoms with van der Waals surface area (Å²) in [7, 11) is 0. The number of pyridine rings is 2. The van der Waals surface area contributed by atoms with E-state index >= 15 is 0 Å². The zero-order valence-corrected chi connectivity index (χ0v) is 11.8. The summed E-state index contributed by atoms with van der Waals surface area (Å²) in [5, 5.41) is 1.49. The lowest BCUT2D eigenvalue weighted by molar-refractivity contribution is 0.822. The fourth-order valence-electron chi connectivity index (χ4n) is 2.55. The predicted molar refractivity (Wildman–Crippen MR) is 83.4 cm³/mol. The number of rotatable bonds is 2. The molecule has 4 aromatic rings. The molecule has 0 aliphatic heterocycles. The van der Waals surface area contributed by atoms with Gasteiger partial charge in [-0.2, -0.15) is 0 Å². The Morgan fingerprint density at radius 3 is 2.86 bits per heavy atom. The summed E-state index contributed by atoms with van der Waals surface area (Å²) >= 11 is 6.25. The number of para-hydroxylation sites is 1. The van der Waals surface area contributed by atoms with Gasteiger partial charge in [-0.05, 0) is 17.7 Å². The van der Waals surface area contributed by atoms with Gasteiger partial charge < -0.3 is 4.57 Å². The summed E-state index contributed by atoms with van der Waals surface area (Å²) in [6.07, 6.45) is 5.43. The number of halogens is 1. The van der Waals surface area contributed by atoms with Crippen LogP contribution in [-0.2, 0) is 6.54 Å². The number of fused-ring (bicyclic) bond motifs is 3. The van der Waals surface area contributed by atoms with Crippen LogP contribution in [0.2, 0.25) is 5.15 Å². The molecule has 4 nitrogen and oxygen atoms in total. The second kappa shape index (κ2) is 4.82. The molecular weight excluding hydrogens is 284 g/mol. The molecule has 0 saturated carbocycles. The lowest BCUT2D eigenvalue weighted by atomic mass is 10.2. The molecule has 102 valence electrons. The molecule has 4 rings (SSSR count). The fourth-order valence-corrected chi connectivity index (χ4v) is 2.78. The van der Waals surface area contributed by atoms with Gasteiger partial charge in [0.1, 0.15) is 5.52 Å². The lowest BCUT2D eigenvalue weighted by Gasteiger charge is -2.07. The molecule has 3 aromatic heterocycles. The van der Waals surface area contributed by atoms with E-state index in [0.717, 1.165) is 27.5 Å². The molecule has 0 bridgehead atoms. The maximum atomic E-state index is 6.25. The minimum absolute atomic E-state index is 0.439. The van der Waals surface area contributed by atoms with Gasteiger partial charge in [-0.1, -0.05) is 35.9 Å². The van der Waals surface area contributed by atoms with E-state index in [0.29, 0.717) is 11.7 Å². The average molecular weight is 295 g/mol. The summed E-state index contributed by atoms with van der Waals surface area (Å²) < 4.78 is 2.09. The highest BCUT2D eigenvalue weighted by molar-refractivity contribution is 6.35. The fraction of sp³-hybridized carbons (Fsp3) is 0.0625. The van der Waals surface area contributed by atoms with Crippen LogP contribution in [0.5, 0.6) is 0 Å². The van der Waals surface area contributed by atoms with Crippen LogP contribution >= 0.6 is 11.6 Å². The quantitative estimate of drug-likeness (QED) is 0.530. The molecule has 0 atom stereocenters. The van der Waals surface area contributed by atoms with Gasteiger partial charge in [-0.25, -0.2) is 9.97 Å². The molecule has 21 heavy (non-hydrogen) atoms. The zero-order valence-electron chi connectivity index (χ0n) is 11.1. The first-order valence-electron chi connectivity index (χ1n) is 6.61. The minimum atomic E-state index is 0.439. The van der Waals surface area contributed by atoms with Crippen LogP contribution in [0.4, 0.5) is 0 Å². The molecule has 3 heterocycles. The Balaban J connectivity index is 1.98.